The first kappa shape index (κ1) is 15.0. The molecule has 0 radical (unpaired) electrons. The Morgan fingerprint density at radius 1 is 1.23 bits per heavy atom. The minimum atomic E-state index is -0.555. The van der Waals surface area contributed by atoms with Crippen molar-refractivity contribution in [1.29, 1.82) is 0 Å². The fourth-order valence-corrected chi connectivity index (χ4v) is 3.12. The van der Waals surface area contributed by atoms with Crippen molar-refractivity contribution in [3.63, 3.8) is 0 Å². The van der Waals surface area contributed by atoms with Crippen molar-refractivity contribution < 1.29 is 19.1 Å². The molecule has 1 aromatic carbocycles. The average molecular weight is 303 g/mol. The number of hydrogen-bond acceptors (Lipinski definition) is 4. The molecule has 0 aromatic heterocycles. The van der Waals surface area contributed by atoms with Crippen LogP contribution >= 0.6 is 0 Å². The molecule has 22 heavy (non-hydrogen) atoms. The molecule has 0 N–H and O–H groups in total. The van der Waals surface area contributed by atoms with Crippen LogP contribution in [0.3, 0.4) is 0 Å². The highest BCUT2D eigenvalue weighted by molar-refractivity contribution is 5.94. The number of amides is 2. The maximum atomic E-state index is 12.3. The second-order valence-electron chi connectivity index (χ2n) is 5.90. The van der Waals surface area contributed by atoms with Crippen LogP contribution in [0.5, 0.6) is 0 Å². The lowest BCUT2D eigenvalue weighted by Crippen LogP contribution is -2.42. The van der Waals surface area contributed by atoms with Gasteiger partial charge in [-0.1, -0.05) is 43.2 Å². The number of rotatable bonds is 5. The van der Waals surface area contributed by atoms with Gasteiger partial charge in [-0.2, -0.15) is 0 Å². The fourth-order valence-electron chi connectivity index (χ4n) is 3.12. The molecule has 118 valence electrons. The van der Waals surface area contributed by atoms with Crippen LogP contribution in [0.1, 0.15) is 31.2 Å². The molecule has 1 heterocycles. The lowest BCUT2D eigenvalue weighted by molar-refractivity contribution is -0.136. The standard InChI is InChI=1S/C17H21NO4/c19-16(12-21-15-8-4-5-9-15)18-14(11-22-17(18)20)10-13-6-2-1-3-7-13/h1-3,6-7,14-15H,4-5,8-12H2. The number of imide groups is 1. The molecule has 1 saturated heterocycles. The van der Waals surface area contributed by atoms with E-state index >= 15 is 0 Å². The summed E-state index contributed by atoms with van der Waals surface area (Å²) >= 11 is 0. The van der Waals surface area contributed by atoms with Gasteiger partial charge in [0.2, 0.25) is 0 Å². The maximum Gasteiger partial charge on any atom is 0.417 e. The Morgan fingerprint density at radius 3 is 2.68 bits per heavy atom. The zero-order valence-electron chi connectivity index (χ0n) is 12.6. The number of benzene rings is 1. The van der Waals surface area contributed by atoms with Gasteiger partial charge in [0.1, 0.15) is 13.2 Å². The molecule has 0 spiro atoms. The number of cyclic esters (lactones) is 1. The predicted molar refractivity (Wildman–Crippen MR) is 80.3 cm³/mol. The van der Waals surface area contributed by atoms with Gasteiger partial charge in [0.05, 0.1) is 12.1 Å². The van der Waals surface area contributed by atoms with Gasteiger partial charge in [0.15, 0.2) is 0 Å². The highest BCUT2D eigenvalue weighted by Gasteiger charge is 2.38. The van der Waals surface area contributed by atoms with E-state index in [0.29, 0.717) is 6.42 Å². The second kappa shape index (κ2) is 6.92. The minimum Gasteiger partial charge on any atom is -0.447 e. The third kappa shape index (κ3) is 3.47. The number of ether oxygens (including phenoxy) is 2. The average Bonchev–Trinajstić information content (AvgIpc) is 3.16. The van der Waals surface area contributed by atoms with E-state index in [1.54, 1.807) is 0 Å². The van der Waals surface area contributed by atoms with Gasteiger partial charge >= 0.3 is 6.09 Å². The SMILES string of the molecule is O=C(COC1CCCC1)N1C(=O)OCC1Cc1ccccc1. The monoisotopic (exact) mass is 303 g/mol. The van der Waals surface area contributed by atoms with E-state index in [9.17, 15) is 9.59 Å². The summed E-state index contributed by atoms with van der Waals surface area (Å²) in [5.74, 6) is -0.296. The zero-order chi connectivity index (χ0) is 15.4. The third-order valence-corrected chi connectivity index (χ3v) is 4.29. The molecule has 2 aliphatic rings. The van der Waals surface area contributed by atoms with Crippen LogP contribution in [0.2, 0.25) is 0 Å². The molecule has 3 rings (SSSR count). The summed E-state index contributed by atoms with van der Waals surface area (Å²) in [6.07, 6.45) is 4.54. The zero-order valence-corrected chi connectivity index (χ0v) is 12.6. The van der Waals surface area contributed by atoms with Crippen molar-refractivity contribution >= 4 is 12.0 Å². The molecule has 2 fully saturated rings. The van der Waals surface area contributed by atoms with Gasteiger partial charge in [0.25, 0.3) is 5.91 Å². The minimum absolute atomic E-state index is 0.0367. The van der Waals surface area contributed by atoms with E-state index < -0.39 is 6.09 Å². The van der Waals surface area contributed by atoms with Crippen molar-refractivity contribution in [3.8, 4) is 0 Å². The highest BCUT2D eigenvalue weighted by Crippen LogP contribution is 2.22. The summed E-state index contributed by atoms with van der Waals surface area (Å²) in [6.45, 7) is 0.216. The van der Waals surface area contributed by atoms with Crippen molar-refractivity contribution in [2.75, 3.05) is 13.2 Å². The van der Waals surface area contributed by atoms with Gasteiger partial charge in [-0.25, -0.2) is 9.69 Å². The van der Waals surface area contributed by atoms with Crippen molar-refractivity contribution in [1.82, 2.24) is 4.90 Å². The van der Waals surface area contributed by atoms with E-state index in [1.807, 2.05) is 30.3 Å². The van der Waals surface area contributed by atoms with E-state index in [4.69, 9.17) is 9.47 Å². The highest BCUT2D eigenvalue weighted by atomic mass is 16.6. The van der Waals surface area contributed by atoms with Crippen LogP contribution < -0.4 is 0 Å². The maximum absolute atomic E-state index is 12.3. The van der Waals surface area contributed by atoms with Gasteiger partial charge in [-0.05, 0) is 24.8 Å². The van der Waals surface area contributed by atoms with Gasteiger partial charge in [0, 0.05) is 0 Å². The van der Waals surface area contributed by atoms with Crippen LogP contribution in [0.4, 0.5) is 4.79 Å². The number of carbonyl (C=O) groups is 2. The Hall–Kier alpha value is -1.88. The quantitative estimate of drug-likeness (QED) is 0.839. The molecular weight excluding hydrogens is 282 g/mol. The smallest absolute Gasteiger partial charge is 0.417 e. The molecule has 1 atom stereocenters. The molecule has 5 nitrogen and oxygen atoms in total. The normalized spacial score (nSPS) is 22.1. The molecule has 0 bridgehead atoms. The van der Waals surface area contributed by atoms with Crippen LogP contribution in [-0.4, -0.2) is 42.3 Å². The Morgan fingerprint density at radius 2 is 1.95 bits per heavy atom. The third-order valence-electron chi connectivity index (χ3n) is 4.29. The largest absolute Gasteiger partial charge is 0.447 e. The molecular formula is C17H21NO4. The van der Waals surface area contributed by atoms with Gasteiger partial charge < -0.3 is 9.47 Å². The summed E-state index contributed by atoms with van der Waals surface area (Å²) in [5, 5.41) is 0. The van der Waals surface area contributed by atoms with Crippen LogP contribution in [-0.2, 0) is 20.7 Å². The van der Waals surface area contributed by atoms with Crippen LogP contribution in [0, 0.1) is 0 Å². The molecule has 1 aliphatic carbocycles. The predicted octanol–water partition coefficient (Wildman–Crippen LogP) is 2.54. The number of carbonyl (C=O) groups excluding carboxylic acids is 2. The summed E-state index contributed by atoms with van der Waals surface area (Å²) in [5.41, 5.74) is 1.08. The number of nitrogens with zero attached hydrogens (tertiary/aromatic N) is 1. The van der Waals surface area contributed by atoms with E-state index in [0.717, 1.165) is 31.2 Å². The molecule has 2 amide bonds. The number of hydrogen-bond donors (Lipinski definition) is 0. The molecule has 5 heteroatoms. The van der Waals surface area contributed by atoms with Crippen molar-refractivity contribution in [3.05, 3.63) is 35.9 Å². The first-order chi connectivity index (χ1) is 10.7. The van der Waals surface area contributed by atoms with Crippen molar-refractivity contribution in [2.45, 2.75) is 44.2 Å². The van der Waals surface area contributed by atoms with Gasteiger partial charge in [-0.3, -0.25) is 4.79 Å². The molecule has 1 saturated carbocycles. The Labute approximate surface area is 130 Å². The van der Waals surface area contributed by atoms with Crippen LogP contribution in [0.25, 0.3) is 0 Å². The first-order valence-corrected chi connectivity index (χ1v) is 7.88. The van der Waals surface area contributed by atoms with Crippen LogP contribution in [0.15, 0.2) is 30.3 Å². The summed E-state index contributed by atoms with van der Waals surface area (Å²) < 4.78 is 10.7. The summed E-state index contributed by atoms with van der Waals surface area (Å²) in [4.78, 5) is 25.4. The first-order valence-electron chi connectivity index (χ1n) is 7.88. The fraction of sp³-hybridized carbons (Fsp3) is 0.529. The summed E-state index contributed by atoms with van der Waals surface area (Å²) in [6, 6.07) is 9.57. The topological polar surface area (TPSA) is 55.8 Å². The Kier molecular flexibility index (Phi) is 4.73. The van der Waals surface area contributed by atoms with E-state index in [2.05, 4.69) is 0 Å². The van der Waals surface area contributed by atoms with Crippen molar-refractivity contribution in [2.24, 2.45) is 0 Å². The molecule has 1 aliphatic heterocycles. The Balaban J connectivity index is 1.58. The molecule has 1 unspecified atom stereocenters. The lowest BCUT2D eigenvalue weighted by atomic mass is 10.1. The van der Waals surface area contributed by atoms with Gasteiger partial charge in [-0.15, -0.1) is 0 Å². The summed E-state index contributed by atoms with van der Waals surface area (Å²) in [7, 11) is 0. The lowest BCUT2D eigenvalue weighted by Gasteiger charge is -2.20. The Bertz CT molecular complexity index is 525. The second-order valence-corrected chi connectivity index (χ2v) is 5.90. The van der Waals surface area contributed by atoms with E-state index in [-0.39, 0.29) is 31.3 Å². The molecule has 1 aromatic rings. The van der Waals surface area contributed by atoms with E-state index in [1.165, 1.54) is 4.90 Å².